The molecule has 0 spiro atoms. The SMILES string of the molecule is [Pt+2].[c-]1c(N(c2ccccc2)c2cccc(-c3ccon3)n2)cccc1-n1[c-]ccc1. The zero-order chi connectivity index (χ0) is 19.5. The molecule has 0 atom stereocenters. The van der Waals surface area contributed by atoms with E-state index in [4.69, 9.17) is 9.51 Å². The van der Waals surface area contributed by atoms with Crippen LogP contribution in [0.5, 0.6) is 0 Å². The molecule has 0 bridgehead atoms. The molecular formula is C24H16N4OPt. The van der Waals surface area contributed by atoms with E-state index >= 15 is 0 Å². The normalized spacial score (nSPS) is 10.4. The molecule has 0 amide bonds. The topological polar surface area (TPSA) is 47.1 Å². The molecule has 0 saturated heterocycles. The maximum absolute atomic E-state index is 4.98. The number of benzene rings is 2. The number of pyridine rings is 1. The zero-order valence-corrected chi connectivity index (χ0v) is 18.0. The Morgan fingerprint density at radius 2 is 1.70 bits per heavy atom. The Hall–Kier alpha value is -3.43. The van der Waals surface area contributed by atoms with Crippen LogP contribution in [0.1, 0.15) is 0 Å². The van der Waals surface area contributed by atoms with Crippen LogP contribution < -0.4 is 4.90 Å². The molecular weight excluding hydrogens is 555 g/mol. The van der Waals surface area contributed by atoms with Crippen molar-refractivity contribution in [1.29, 1.82) is 0 Å². The molecule has 0 aliphatic carbocycles. The minimum Gasteiger partial charge on any atom is -0.471 e. The molecule has 0 radical (unpaired) electrons. The van der Waals surface area contributed by atoms with Crippen LogP contribution in [0, 0.1) is 12.3 Å². The van der Waals surface area contributed by atoms with Gasteiger partial charge in [0.2, 0.25) is 0 Å². The van der Waals surface area contributed by atoms with Gasteiger partial charge in [-0.2, -0.15) is 30.0 Å². The van der Waals surface area contributed by atoms with Crippen LogP contribution in [-0.4, -0.2) is 14.7 Å². The second-order valence-corrected chi connectivity index (χ2v) is 6.37. The predicted octanol–water partition coefficient (Wildman–Crippen LogP) is 5.59. The van der Waals surface area contributed by atoms with E-state index < -0.39 is 0 Å². The Labute approximate surface area is 188 Å². The van der Waals surface area contributed by atoms with E-state index in [9.17, 15) is 0 Å². The number of aromatic nitrogens is 3. The first-order valence-electron chi connectivity index (χ1n) is 9.19. The number of hydrogen-bond acceptors (Lipinski definition) is 4. The quantitative estimate of drug-likeness (QED) is 0.258. The molecule has 148 valence electrons. The molecule has 0 fully saturated rings. The minimum atomic E-state index is 0. The summed E-state index contributed by atoms with van der Waals surface area (Å²) in [4.78, 5) is 6.90. The van der Waals surface area contributed by atoms with Gasteiger partial charge in [-0.15, -0.1) is 18.3 Å². The summed E-state index contributed by atoms with van der Waals surface area (Å²) in [5, 5.41) is 4.01. The predicted molar refractivity (Wildman–Crippen MR) is 111 cm³/mol. The van der Waals surface area contributed by atoms with Gasteiger partial charge >= 0.3 is 21.1 Å². The van der Waals surface area contributed by atoms with Crippen LogP contribution in [0.2, 0.25) is 0 Å². The first-order chi connectivity index (χ1) is 14.4. The Bertz CT molecular complexity index is 1130. The molecule has 2 aromatic carbocycles. The van der Waals surface area contributed by atoms with Crippen molar-refractivity contribution in [2.75, 3.05) is 4.90 Å². The summed E-state index contributed by atoms with van der Waals surface area (Å²) < 4.78 is 6.89. The van der Waals surface area contributed by atoms with Crippen LogP contribution in [0.4, 0.5) is 17.2 Å². The monoisotopic (exact) mass is 571 g/mol. The third-order valence-corrected chi connectivity index (χ3v) is 4.49. The average Bonchev–Trinajstić information content (AvgIpc) is 3.50. The Morgan fingerprint density at radius 1 is 0.833 bits per heavy atom. The molecule has 0 saturated carbocycles. The van der Waals surface area contributed by atoms with Crippen molar-refractivity contribution < 1.29 is 25.6 Å². The summed E-state index contributed by atoms with van der Waals surface area (Å²) >= 11 is 0. The minimum absolute atomic E-state index is 0. The molecule has 3 heterocycles. The maximum atomic E-state index is 4.98. The molecule has 5 rings (SSSR count). The number of anilines is 3. The summed E-state index contributed by atoms with van der Waals surface area (Å²) in [5.74, 6) is 0.765. The standard InChI is InChI=1S/C24H16N4O.Pt/c1-2-8-19(9-3-1)28(21-11-6-10-20(18-21)27-15-4-5-16-27)24-13-7-12-22(25-24)23-14-17-29-26-23;/h1-15,17H;/q-2;+2. The molecule has 3 aromatic heterocycles. The third kappa shape index (κ3) is 3.98. The maximum Gasteiger partial charge on any atom is 2.00 e. The van der Waals surface area contributed by atoms with Gasteiger partial charge in [0.05, 0.1) is 5.69 Å². The molecule has 5 nitrogen and oxygen atoms in total. The molecule has 0 unspecified atom stereocenters. The van der Waals surface area contributed by atoms with E-state index in [1.807, 2.05) is 89.6 Å². The van der Waals surface area contributed by atoms with E-state index in [1.54, 1.807) is 12.3 Å². The van der Waals surface area contributed by atoms with E-state index in [-0.39, 0.29) is 21.1 Å². The Kier molecular flexibility index (Phi) is 5.91. The summed E-state index contributed by atoms with van der Waals surface area (Å²) in [5.41, 5.74) is 4.20. The molecule has 0 N–H and O–H groups in total. The van der Waals surface area contributed by atoms with E-state index in [0.717, 1.165) is 28.6 Å². The van der Waals surface area contributed by atoms with Crippen LogP contribution in [-0.2, 0) is 21.1 Å². The van der Waals surface area contributed by atoms with Gasteiger partial charge in [0.25, 0.3) is 0 Å². The van der Waals surface area contributed by atoms with Gasteiger partial charge < -0.3 is 14.0 Å². The van der Waals surface area contributed by atoms with Crippen molar-refractivity contribution in [3.63, 3.8) is 0 Å². The van der Waals surface area contributed by atoms with Crippen LogP contribution in [0.3, 0.4) is 0 Å². The van der Waals surface area contributed by atoms with Crippen molar-refractivity contribution in [2.24, 2.45) is 0 Å². The summed E-state index contributed by atoms with van der Waals surface area (Å²) in [6, 6.07) is 31.1. The Morgan fingerprint density at radius 3 is 2.47 bits per heavy atom. The fourth-order valence-corrected chi connectivity index (χ4v) is 3.17. The number of rotatable bonds is 5. The van der Waals surface area contributed by atoms with Gasteiger partial charge in [0.15, 0.2) is 0 Å². The third-order valence-electron chi connectivity index (χ3n) is 4.49. The number of hydrogen-bond donors (Lipinski definition) is 0. The van der Waals surface area contributed by atoms with Crippen molar-refractivity contribution >= 4 is 17.2 Å². The first-order valence-corrected chi connectivity index (χ1v) is 9.19. The number of para-hydroxylation sites is 1. The van der Waals surface area contributed by atoms with Gasteiger partial charge in [-0.05, 0) is 24.3 Å². The van der Waals surface area contributed by atoms with Gasteiger partial charge in [-0.25, -0.2) is 4.98 Å². The van der Waals surface area contributed by atoms with Gasteiger partial charge in [-0.1, -0.05) is 41.3 Å². The fraction of sp³-hybridized carbons (Fsp3) is 0. The first kappa shape index (κ1) is 19.9. The largest absolute Gasteiger partial charge is 2.00 e. The summed E-state index contributed by atoms with van der Waals surface area (Å²) in [6.45, 7) is 0. The van der Waals surface area contributed by atoms with Gasteiger partial charge in [0, 0.05) is 11.8 Å². The molecule has 5 aromatic rings. The second kappa shape index (κ2) is 8.93. The van der Waals surface area contributed by atoms with Crippen LogP contribution >= 0.6 is 0 Å². The van der Waals surface area contributed by atoms with Gasteiger partial charge in [-0.3, -0.25) is 0 Å². The van der Waals surface area contributed by atoms with Gasteiger partial charge in [0.1, 0.15) is 17.8 Å². The summed E-state index contributed by atoms with van der Waals surface area (Å²) in [7, 11) is 0. The second-order valence-electron chi connectivity index (χ2n) is 6.37. The molecule has 0 aliphatic rings. The van der Waals surface area contributed by atoms with Crippen molar-refractivity contribution in [3.8, 4) is 17.1 Å². The van der Waals surface area contributed by atoms with Crippen molar-refractivity contribution in [1.82, 2.24) is 14.7 Å². The van der Waals surface area contributed by atoms with Crippen molar-refractivity contribution in [3.05, 3.63) is 110 Å². The number of nitrogens with zero attached hydrogens (tertiary/aromatic N) is 4. The molecule has 30 heavy (non-hydrogen) atoms. The van der Waals surface area contributed by atoms with Crippen LogP contribution in [0.15, 0.2) is 102 Å². The van der Waals surface area contributed by atoms with Crippen molar-refractivity contribution in [2.45, 2.75) is 0 Å². The van der Waals surface area contributed by atoms with E-state index in [0.29, 0.717) is 5.69 Å². The fourth-order valence-electron chi connectivity index (χ4n) is 3.17. The molecule has 0 aliphatic heterocycles. The Balaban J connectivity index is 0.00000218. The summed E-state index contributed by atoms with van der Waals surface area (Å²) in [6.07, 6.45) is 6.65. The average molecular weight is 571 g/mol. The van der Waals surface area contributed by atoms with E-state index in [1.165, 1.54) is 0 Å². The van der Waals surface area contributed by atoms with E-state index in [2.05, 4.69) is 22.3 Å². The zero-order valence-electron chi connectivity index (χ0n) is 15.8. The molecule has 6 heteroatoms. The van der Waals surface area contributed by atoms with Crippen LogP contribution in [0.25, 0.3) is 17.1 Å². The smallest absolute Gasteiger partial charge is 0.471 e.